The molecule has 1 aromatic rings. The molecule has 0 amide bonds. The summed E-state index contributed by atoms with van der Waals surface area (Å²) in [6, 6.07) is 6.50. The second kappa shape index (κ2) is 5.31. The SMILES string of the molecule is CC(C)(C)c1ccc(OCCN)c(C(C)(C)C)c1. The van der Waals surface area contributed by atoms with Crippen LogP contribution in [0.4, 0.5) is 0 Å². The van der Waals surface area contributed by atoms with E-state index in [0.29, 0.717) is 13.2 Å². The van der Waals surface area contributed by atoms with Gasteiger partial charge in [0.15, 0.2) is 0 Å². The third kappa shape index (κ3) is 3.74. The molecular formula is C16H27NO. The van der Waals surface area contributed by atoms with Crippen LogP contribution in [0.1, 0.15) is 52.7 Å². The summed E-state index contributed by atoms with van der Waals surface area (Å²) >= 11 is 0. The van der Waals surface area contributed by atoms with Crippen LogP contribution in [0.2, 0.25) is 0 Å². The lowest BCUT2D eigenvalue weighted by Crippen LogP contribution is -2.19. The largest absolute Gasteiger partial charge is 0.492 e. The maximum atomic E-state index is 5.76. The molecule has 0 spiro atoms. The molecule has 0 aliphatic carbocycles. The molecule has 2 N–H and O–H groups in total. The summed E-state index contributed by atoms with van der Waals surface area (Å²) in [6.07, 6.45) is 0. The number of ether oxygens (including phenoxy) is 1. The fraction of sp³-hybridized carbons (Fsp3) is 0.625. The van der Waals surface area contributed by atoms with Crippen LogP contribution in [-0.2, 0) is 10.8 Å². The highest BCUT2D eigenvalue weighted by Crippen LogP contribution is 2.35. The Labute approximate surface area is 112 Å². The third-order valence-electron chi connectivity index (χ3n) is 3.03. The molecule has 0 saturated heterocycles. The van der Waals surface area contributed by atoms with Crippen LogP contribution in [0.15, 0.2) is 18.2 Å². The van der Waals surface area contributed by atoms with Crippen molar-refractivity contribution in [3.8, 4) is 5.75 Å². The summed E-state index contributed by atoms with van der Waals surface area (Å²) in [5, 5.41) is 0. The van der Waals surface area contributed by atoms with Gasteiger partial charge in [-0.2, -0.15) is 0 Å². The summed E-state index contributed by atoms with van der Waals surface area (Å²) in [7, 11) is 0. The van der Waals surface area contributed by atoms with Crippen molar-refractivity contribution in [2.45, 2.75) is 52.4 Å². The molecule has 0 radical (unpaired) electrons. The van der Waals surface area contributed by atoms with Crippen LogP contribution in [0.25, 0.3) is 0 Å². The smallest absolute Gasteiger partial charge is 0.123 e. The zero-order chi connectivity index (χ0) is 14.0. The Morgan fingerprint density at radius 2 is 1.61 bits per heavy atom. The molecule has 0 aliphatic rings. The highest BCUT2D eigenvalue weighted by atomic mass is 16.5. The average molecular weight is 249 g/mol. The lowest BCUT2D eigenvalue weighted by atomic mass is 9.80. The minimum Gasteiger partial charge on any atom is -0.492 e. The molecule has 0 bridgehead atoms. The Hall–Kier alpha value is -1.02. The minimum atomic E-state index is 0.0746. The van der Waals surface area contributed by atoms with Crippen LogP contribution in [0, 0.1) is 0 Å². The van der Waals surface area contributed by atoms with Crippen molar-refractivity contribution < 1.29 is 4.74 Å². The number of nitrogens with two attached hydrogens (primary N) is 1. The van der Waals surface area contributed by atoms with Gasteiger partial charge >= 0.3 is 0 Å². The normalized spacial score (nSPS) is 12.6. The Morgan fingerprint density at radius 1 is 1.00 bits per heavy atom. The van der Waals surface area contributed by atoms with Gasteiger partial charge in [0.05, 0.1) is 0 Å². The van der Waals surface area contributed by atoms with E-state index in [1.54, 1.807) is 0 Å². The van der Waals surface area contributed by atoms with E-state index in [1.807, 2.05) is 0 Å². The summed E-state index contributed by atoms with van der Waals surface area (Å²) in [4.78, 5) is 0. The molecule has 0 fully saturated rings. The minimum absolute atomic E-state index is 0.0746. The molecule has 0 atom stereocenters. The van der Waals surface area contributed by atoms with E-state index in [-0.39, 0.29) is 10.8 Å². The predicted octanol–water partition coefficient (Wildman–Crippen LogP) is 3.62. The van der Waals surface area contributed by atoms with Gasteiger partial charge in [-0.1, -0.05) is 53.7 Å². The van der Waals surface area contributed by atoms with Crippen molar-refractivity contribution in [2.24, 2.45) is 5.73 Å². The van der Waals surface area contributed by atoms with E-state index in [4.69, 9.17) is 10.5 Å². The van der Waals surface area contributed by atoms with Crippen molar-refractivity contribution in [2.75, 3.05) is 13.2 Å². The summed E-state index contributed by atoms with van der Waals surface area (Å²) in [5.74, 6) is 0.959. The molecule has 0 aliphatic heterocycles. The van der Waals surface area contributed by atoms with Crippen LogP contribution in [0.5, 0.6) is 5.75 Å². The van der Waals surface area contributed by atoms with Gasteiger partial charge in [-0.3, -0.25) is 0 Å². The van der Waals surface area contributed by atoms with Crippen LogP contribution >= 0.6 is 0 Å². The predicted molar refractivity (Wildman–Crippen MR) is 78.4 cm³/mol. The Morgan fingerprint density at radius 3 is 2.06 bits per heavy atom. The van der Waals surface area contributed by atoms with Gasteiger partial charge in [0.1, 0.15) is 12.4 Å². The van der Waals surface area contributed by atoms with E-state index in [1.165, 1.54) is 11.1 Å². The number of benzene rings is 1. The molecule has 2 heteroatoms. The van der Waals surface area contributed by atoms with E-state index in [0.717, 1.165) is 5.75 Å². The van der Waals surface area contributed by atoms with Gasteiger partial charge in [0.2, 0.25) is 0 Å². The lowest BCUT2D eigenvalue weighted by Gasteiger charge is -2.27. The summed E-state index contributed by atoms with van der Waals surface area (Å²) in [5.41, 5.74) is 8.34. The Bertz CT molecular complexity index is 397. The van der Waals surface area contributed by atoms with Crippen LogP contribution in [-0.4, -0.2) is 13.2 Å². The van der Waals surface area contributed by atoms with Crippen molar-refractivity contribution >= 4 is 0 Å². The highest BCUT2D eigenvalue weighted by molar-refractivity contribution is 5.43. The molecule has 0 aromatic heterocycles. The zero-order valence-electron chi connectivity index (χ0n) is 12.6. The van der Waals surface area contributed by atoms with E-state index >= 15 is 0 Å². The van der Waals surface area contributed by atoms with Gasteiger partial charge in [-0.05, 0) is 28.0 Å². The Kier molecular flexibility index (Phi) is 4.44. The molecule has 0 unspecified atom stereocenters. The van der Waals surface area contributed by atoms with Gasteiger partial charge < -0.3 is 10.5 Å². The van der Waals surface area contributed by atoms with E-state index in [2.05, 4.69) is 59.7 Å². The molecule has 2 nitrogen and oxygen atoms in total. The molecule has 18 heavy (non-hydrogen) atoms. The van der Waals surface area contributed by atoms with E-state index in [9.17, 15) is 0 Å². The molecular weight excluding hydrogens is 222 g/mol. The van der Waals surface area contributed by atoms with Crippen molar-refractivity contribution in [3.05, 3.63) is 29.3 Å². The highest BCUT2D eigenvalue weighted by Gasteiger charge is 2.22. The van der Waals surface area contributed by atoms with E-state index < -0.39 is 0 Å². The average Bonchev–Trinajstić information content (AvgIpc) is 2.23. The monoisotopic (exact) mass is 249 g/mol. The van der Waals surface area contributed by atoms with Gasteiger partial charge in [-0.25, -0.2) is 0 Å². The van der Waals surface area contributed by atoms with Crippen LogP contribution < -0.4 is 10.5 Å². The lowest BCUT2D eigenvalue weighted by molar-refractivity contribution is 0.318. The maximum Gasteiger partial charge on any atom is 0.123 e. The summed E-state index contributed by atoms with van der Waals surface area (Å²) < 4.78 is 5.76. The maximum absolute atomic E-state index is 5.76. The first-order valence-electron chi connectivity index (χ1n) is 6.64. The number of hydrogen-bond donors (Lipinski definition) is 1. The topological polar surface area (TPSA) is 35.2 Å². The quantitative estimate of drug-likeness (QED) is 0.888. The molecule has 0 heterocycles. The first-order chi connectivity index (χ1) is 8.16. The molecule has 102 valence electrons. The van der Waals surface area contributed by atoms with Crippen molar-refractivity contribution in [3.63, 3.8) is 0 Å². The number of rotatable bonds is 3. The first kappa shape index (κ1) is 15.0. The Balaban J connectivity index is 3.21. The third-order valence-corrected chi connectivity index (χ3v) is 3.03. The van der Waals surface area contributed by atoms with Crippen molar-refractivity contribution in [1.29, 1.82) is 0 Å². The fourth-order valence-corrected chi connectivity index (χ4v) is 1.88. The summed E-state index contributed by atoms with van der Waals surface area (Å²) in [6.45, 7) is 14.4. The van der Waals surface area contributed by atoms with Crippen molar-refractivity contribution in [1.82, 2.24) is 0 Å². The standard InChI is InChI=1S/C16H27NO/c1-15(2,3)12-7-8-14(18-10-9-17)13(11-12)16(4,5)6/h7-8,11H,9-10,17H2,1-6H3. The number of hydrogen-bond acceptors (Lipinski definition) is 2. The fourth-order valence-electron chi connectivity index (χ4n) is 1.88. The zero-order valence-corrected chi connectivity index (χ0v) is 12.6. The molecule has 1 aromatic carbocycles. The molecule has 1 rings (SSSR count). The van der Waals surface area contributed by atoms with Crippen LogP contribution in [0.3, 0.4) is 0 Å². The second-order valence-corrected chi connectivity index (χ2v) is 6.85. The van der Waals surface area contributed by atoms with Gasteiger partial charge in [0.25, 0.3) is 0 Å². The van der Waals surface area contributed by atoms with Gasteiger partial charge in [-0.15, -0.1) is 0 Å². The second-order valence-electron chi connectivity index (χ2n) is 6.85. The first-order valence-corrected chi connectivity index (χ1v) is 6.64. The van der Waals surface area contributed by atoms with Gasteiger partial charge in [0, 0.05) is 6.54 Å². The molecule has 0 saturated carbocycles.